The van der Waals surface area contributed by atoms with Gasteiger partial charge in [-0.25, -0.2) is 0 Å². The molecule has 0 bridgehead atoms. The van der Waals surface area contributed by atoms with Gasteiger partial charge in [0.2, 0.25) is 5.43 Å². The minimum absolute atomic E-state index is 0.0861. The lowest BCUT2D eigenvalue weighted by molar-refractivity contribution is 0.0495. The summed E-state index contributed by atoms with van der Waals surface area (Å²) in [5.41, 5.74) is 0.141. The third-order valence-corrected chi connectivity index (χ3v) is 3.98. The van der Waals surface area contributed by atoms with E-state index in [2.05, 4.69) is 10.2 Å². The number of carbonyl (C=O) groups excluding carboxylic acids is 1. The molecule has 2 N–H and O–H groups in total. The first kappa shape index (κ1) is 13.8. The van der Waals surface area contributed by atoms with Gasteiger partial charge in [0.25, 0.3) is 5.91 Å². The zero-order valence-electron chi connectivity index (χ0n) is 11.6. The standard InChI is InChI=1S/C15H17N3O3/c19-9-10-5-3-4-8-18(10)15(21)13-14(20)11-6-1-2-7-12(11)16-17-13/h1-2,6-7,10,19H,3-5,8-9H2,(H,16,20). The van der Waals surface area contributed by atoms with Crippen LogP contribution in [0.5, 0.6) is 0 Å². The summed E-state index contributed by atoms with van der Waals surface area (Å²) in [6.07, 6.45) is 2.62. The summed E-state index contributed by atoms with van der Waals surface area (Å²) in [6, 6.07) is 6.75. The Balaban J connectivity index is 2.01. The number of aliphatic hydroxyl groups excluding tert-OH is 1. The summed E-state index contributed by atoms with van der Waals surface area (Å²) < 4.78 is 0. The molecule has 0 aliphatic carbocycles. The van der Waals surface area contributed by atoms with E-state index in [0.717, 1.165) is 19.3 Å². The van der Waals surface area contributed by atoms with Crippen molar-refractivity contribution in [2.45, 2.75) is 25.3 Å². The average molecular weight is 287 g/mol. The third-order valence-electron chi connectivity index (χ3n) is 3.98. The molecule has 0 radical (unpaired) electrons. The molecule has 1 atom stereocenters. The molecule has 1 unspecified atom stereocenters. The molecule has 21 heavy (non-hydrogen) atoms. The number of H-pyrrole nitrogens is 1. The number of aromatic nitrogens is 2. The van der Waals surface area contributed by atoms with Crippen molar-refractivity contribution in [2.75, 3.05) is 13.2 Å². The van der Waals surface area contributed by atoms with Crippen molar-refractivity contribution in [2.24, 2.45) is 0 Å². The van der Waals surface area contributed by atoms with Crippen molar-refractivity contribution in [3.63, 3.8) is 0 Å². The van der Waals surface area contributed by atoms with Crippen molar-refractivity contribution < 1.29 is 9.90 Å². The van der Waals surface area contributed by atoms with Gasteiger partial charge in [0, 0.05) is 11.9 Å². The molecule has 1 aliphatic heterocycles. The molecular formula is C15H17N3O3. The Morgan fingerprint density at radius 1 is 1.38 bits per heavy atom. The van der Waals surface area contributed by atoms with Gasteiger partial charge in [-0.3, -0.25) is 14.7 Å². The predicted molar refractivity (Wildman–Crippen MR) is 78.1 cm³/mol. The Hall–Kier alpha value is -2.21. The first-order chi connectivity index (χ1) is 10.2. The highest BCUT2D eigenvalue weighted by atomic mass is 16.3. The van der Waals surface area contributed by atoms with Crippen LogP contribution in [-0.2, 0) is 0 Å². The molecule has 0 spiro atoms. The van der Waals surface area contributed by atoms with E-state index >= 15 is 0 Å². The Bertz CT molecular complexity index is 725. The highest BCUT2D eigenvalue weighted by Crippen LogP contribution is 2.18. The largest absolute Gasteiger partial charge is 0.394 e. The fraction of sp³-hybridized carbons (Fsp3) is 0.400. The topological polar surface area (TPSA) is 86.3 Å². The van der Waals surface area contributed by atoms with Gasteiger partial charge >= 0.3 is 0 Å². The predicted octanol–water partition coefficient (Wildman–Crippen LogP) is 0.910. The number of nitrogens with one attached hydrogen (secondary N) is 1. The van der Waals surface area contributed by atoms with Crippen LogP contribution in [0.4, 0.5) is 0 Å². The summed E-state index contributed by atoms with van der Waals surface area (Å²) in [6.45, 7) is 0.467. The molecule has 1 aliphatic rings. The van der Waals surface area contributed by atoms with Crippen LogP contribution in [0, 0.1) is 0 Å². The molecule has 1 saturated heterocycles. The van der Waals surface area contributed by atoms with E-state index in [1.807, 2.05) is 0 Å². The van der Waals surface area contributed by atoms with Crippen LogP contribution in [0.2, 0.25) is 0 Å². The third kappa shape index (κ3) is 2.42. The number of aliphatic hydroxyl groups is 1. The maximum absolute atomic E-state index is 12.6. The molecule has 110 valence electrons. The zero-order chi connectivity index (χ0) is 14.8. The Kier molecular flexibility index (Phi) is 3.70. The second-order valence-electron chi connectivity index (χ2n) is 5.28. The van der Waals surface area contributed by atoms with Crippen molar-refractivity contribution in [3.8, 4) is 0 Å². The highest BCUT2D eigenvalue weighted by molar-refractivity contribution is 5.95. The number of likely N-dealkylation sites (tertiary alicyclic amines) is 1. The van der Waals surface area contributed by atoms with E-state index in [1.165, 1.54) is 0 Å². The van der Waals surface area contributed by atoms with Crippen molar-refractivity contribution in [3.05, 3.63) is 40.2 Å². The van der Waals surface area contributed by atoms with Gasteiger partial charge in [-0.2, -0.15) is 5.10 Å². The Labute approximate surface area is 121 Å². The maximum atomic E-state index is 12.6. The normalized spacial score (nSPS) is 18.9. The number of piperidine rings is 1. The van der Waals surface area contributed by atoms with Gasteiger partial charge in [0.1, 0.15) is 0 Å². The quantitative estimate of drug-likeness (QED) is 0.859. The van der Waals surface area contributed by atoms with Gasteiger partial charge in [0.05, 0.1) is 18.2 Å². The average Bonchev–Trinajstić information content (AvgIpc) is 2.55. The molecule has 0 saturated carbocycles. The van der Waals surface area contributed by atoms with E-state index in [-0.39, 0.29) is 23.8 Å². The second-order valence-corrected chi connectivity index (χ2v) is 5.28. The summed E-state index contributed by atoms with van der Waals surface area (Å²) in [7, 11) is 0. The van der Waals surface area contributed by atoms with E-state index in [0.29, 0.717) is 17.4 Å². The van der Waals surface area contributed by atoms with Gasteiger partial charge < -0.3 is 10.0 Å². The van der Waals surface area contributed by atoms with Crippen molar-refractivity contribution in [1.82, 2.24) is 15.1 Å². The van der Waals surface area contributed by atoms with E-state index in [9.17, 15) is 14.7 Å². The number of nitrogens with zero attached hydrogens (tertiary/aromatic N) is 2. The SMILES string of the molecule is O=C(c1n[nH]c2ccccc2c1=O)N1CCCCC1CO. The Morgan fingerprint density at radius 2 is 2.19 bits per heavy atom. The van der Waals surface area contributed by atoms with Crippen molar-refractivity contribution in [1.29, 1.82) is 0 Å². The number of fused-ring (bicyclic) bond motifs is 1. The van der Waals surface area contributed by atoms with Crippen LogP contribution in [-0.4, -0.2) is 45.3 Å². The fourth-order valence-electron chi connectivity index (χ4n) is 2.81. The summed E-state index contributed by atoms with van der Waals surface area (Å²) >= 11 is 0. The second kappa shape index (κ2) is 5.65. The van der Waals surface area contributed by atoms with Crippen LogP contribution in [0.15, 0.2) is 29.1 Å². The minimum atomic E-state index is -0.402. The monoisotopic (exact) mass is 287 g/mol. The summed E-state index contributed by atoms with van der Waals surface area (Å²) in [5.74, 6) is -0.402. The van der Waals surface area contributed by atoms with Crippen LogP contribution < -0.4 is 5.43 Å². The summed E-state index contributed by atoms with van der Waals surface area (Å²) in [4.78, 5) is 26.5. The number of para-hydroxylation sites is 1. The molecular weight excluding hydrogens is 270 g/mol. The van der Waals surface area contributed by atoms with E-state index < -0.39 is 5.91 Å². The molecule has 6 heteroatoms. The lowest BCUT2D eigenvalue weighted by atomic mass is 10.0. The van der Waals surface area contributed by atoms with Gasteiger partial charge in [-0.05, 0) is 31.4 Å². The fourth-order valence-corrected chi connectivity index (χ4v) is 2.81. The first-order valence-electron chi connectivity index (χ1n) is 7.11. The molecule has 2 aromatic rings. The molecule has 1 fully saturated rings. The Morgan fingerprint density at radius 3 is 3.00 bits per heavy atom. The van der Waals surface area contributed by atoms with Crippen LogP contribution >= 0.6 is 0 Å². The molecule has 2 heterocycles. The summed E-state index contributed by atoms with van der Waals surface area (Å²) in [5, 5.41) is 16.5. The maximum Gasteiger partial charge on any atom is 0.278 e. The zero-order valence-corrected chi connectivity index (χ0v) is 11.6. The number of amides is 1. The van der Waals surface area contributed by atoms with Gasteiger partial charge in [-0.15, -0.1) is 0 Å². The molecule has 1 aromatic heterocycles. The molecule has 6 nitrogen and oxygen atoms in total. The number of benzene rings is 1. The van der Waals surface area contributed by atoms with Crippen molar-refractivity contribution >= 4 is 16.8 Å². The highest BCUT2D eigenvalue weighted by Gasteiger charge is 2.29. The lowest BCUT2D eigenvalue weighted by Gasteiger charge is -2.34. The smallest absolute Gasteiger partial charge is 0.278 e. The number of rotatable bonds is 2. The van der Waals surface area contributed by atoms with Crippen LogP contribution in [0.25, 0.3) is 10.9 Å². The number of hydrogen-bond acceptors (Lipinski definition) is 4. The number of carbonyl (C=O) groups is 1. The lowest BCUT2D eigenvalue weighted by Crippen LogP contribution is -2.47. The van der Waals surface area contributed by atoms with E-state index in [1.54, 1.807) is 29.2 Å². The number of hydrogen-bond donors (Lipinski definition) is 2. The van der Waals surface area contributed by atoms with Crippen LogP contribution in [0.3, 0.4) is 0 Å². The first-order valence-corrected chi connectivity index (χ1v) is 7.11. The van der Waals surface area contributed by atoms with Gasteiger partial charge in [-0.1, -0.05) is 12.1 Å². The minimum Gasteiger partial charge on any atom is -0.394 e. The van der Waals surface area contributed by atoms with Crippen LogP contribution in [0.1, 0.15) is 29.8 Å². The molecule has 1 amide bonds. The molecule has 3 rings (SSSR count). The van der Waals surface area contributed by atoms with Gasteiger partial charge in [0.15, 0.2) is 5.69 Å². The molecule has 1 aromatic carbocycles. The number of aromatic amines is 1. The van der Waals surface area contributed by atoms with E-state index in [4.69, 9.17) is 0 Å².